The molecule has 0 bridgehead atoms. The van der Waals surface area contributed by atoms with Gasteiger partial charge in [0.05, 0.1) is 13.2 Å². The number of hydrogen-bond donors (Lipinski definition) is 0. The molecule has 0 aliphatic rings. The first-order valence-corrected chi connectivity index (χ1v) is 12.0. The van der Waals surface area contributed by atoms with Gasteiger partial charge in [0.2, 0.25) is 0 Å². The van der Waals surface area contributed by atoms with E-state index >= 15 is 0 Å². The molecule has 0 heterocycles. The highest BCUT2D eigenvalue weighted by Crippen LogP contribution is 2.49. The van der Waals surface area contributed by atoms with E-state index in [1.807, 2.05) is 12.1 Å². The number of phosphoric acid groups is 1. The third kappa shape index (κ3) is 10.8. The van der Waals surface area contributed by atoms with Crippen molar-refractivity contribution in [3.63, 3.8) is 0 Å². The van der Waals surface area contributed by atoms with Crippen molar-refractivity contribution >= 4 is 31.0 Å². The number of rotatable bonds is 16. The van der Waals surface area contributed by atoms with Gasteiger partial charge in [-0.25, -0.2) is 4.57 Å². The molecule has 0 amide bonds. The minimum atomic E-state index is -3.70. The molecular weight excluding hydrogens is 394 g/mol. The van der Waals surface area contributed by atoms with Gasteiger partial charge in [0.25, 0.3) is 0 Å². The van der Waals surface area contributed by atoms with Crippen molar-refractivity contribution in [1.82, 2.24) is 0 Å². The van der Waals surface area contributed by atoms with Crippen LogP contribution < -0.4 is 4.52 Å². The van der Waals surface area contributed by atoms with Gasteiger partial charge in [-0.1, -0.05) is 57.6 Å². The van der Waals surface area contributed by atoms with E-state index in [-0.39, 0.29) is 25.0 Å². The molecule has 0 atom stereocenters. The number of alkyl halides is 2. The molecule has 0 saturated carbocycles. The van der Waals surface area contributed by atoms with E-state index in [2.05, 4.69) is 6.92 Å². The van der Waals surface area contributed by atoms with Crippen LogP contribution in [0.4, 0.5) is 0 Å². The lowest BCUT2D eigenvalue weighted by molar-refractivity contribution is 0.169. The number of benzene rings is 1. The molecule has 7 heteroatoms. The monoisotopic (exact) mass is 424 g/mol. The highest BCUT2D eigenvalue weighted by Gasteiger charge is 2.28. The van der Waals surface area contributed by atoms with Gasteiger partial charge in [-0.3, -0.25) is 9.05 Å². The van der Waals surface area contributed by atoms with Crippen LogP contribution in [-0.4, -0.2) is 25.0 Å². The second-order valence-corrected chi connectivity index (χ2v) is 8.45. The summed E-state index contributed by atoms with van der Waals surface area (Å²) in [6, 6.07) is 7.55. The van der Waals surface area contributed by atoms with Crippen LogP contribution in [0.25, 0.3) is 0 Å². The summed E-state index contributed by atoms with van der Waals surface area (Å²) in [5.74, 6) is 0.852. The molecule has 1 rings (SSSR count). The van der Waals surface area contributed by atoms with Crippen molar-refractivity contribution in [1.29, 1.82) is 0 Å². The SMILES string of the molecule is CCCCCCCCCc1ccc(OP(=O)(OCCCl)OCCCl)cc1. The zero-order chi connectivity index (χ0) is 19.1. The quantitative estimate of drug-likeness (QED) is 0.163. The summed E-state index contributed by atoms with van der Waals surface area (Å²) in [7, 11) is -3.70. The van der Waals surface area contributed by atoms with Crippen LogP contribution in [0, 0.1) is 0 Å². The lowest BCUT2D eigenvalue weighted by atomic mass is 10.0. The molecule has 4 nitrogen and oxygen atoms in total. The van der Waals surface area contributed by atoms with Crippen molar-refractivity contribution in [3.05, 3.63) is 29.8 Å². The summed E-state index contributed by atoms with van der Waals surface area (Å²) in [6.45, 7) is 2.40. The van der Waals surface area contributed by atoms with Gasteiger partial charge < -0.3 is 4.52 Å². The van der Waals surface area contributed by atoms with E-state index in [1.165, 1.54) is 50.5 Å². The molecule has 0 aromatic heterocycles. The van der Waals surface area contributed by atoms with Gasteiger partial charge in [0, 0.05) is 11.8 Å². The zero-order valence-electron chi connectivity index (χ0n) is 15.6. The Balaban J connectivity index is 2.40. The van der Waals surface area contributed by atoms with Gasteiger partial charge in [0.15, 0.2) is 0 Å². The summed E-state index contributed by atoms with van der Waals surface area (Å²) in [5, 5.41) is 0. The molecule has 0 fully saturated rings. The maximum Gasteiger partial charge on any atom is 0.530 e. The van der Waals surface area contributed by atoms with Crippen molar-refractivity contribution in [3.8, 4) is 5.75 Å². The Labute approximate surface area is 168 Å². The number of halogens is 2. The van der Waals surface area contributed by atoms with Crippen molar-refractivity contribution in [2.75, 3.05) is 25.0 Å². The molecule has 0 saturated heterocycles. The molecular formula is C19H31Cl2O4P. The van der Waals surface area contributed by atoms with Gasteiger partial charge in [-0.2, -0.15) is 0 Å². The van der Waals surface area contributed by atoms with E-state index < -0.39 is 7.82 Å². The second-order valence-electron chi connectivity index (χ2n) is 6.10. The number of phosphoric ester groups is 1. The molecule has 0 unspecified atom stereocenters. The molecule has 26 heavy (non-hydrogen) atoms. The number of aryl methyl sites for hydroxylation is 1. The average molecular weight is 425 g/mol. The Bertz CT molecular complexity index is 499. The predicted molar refractivity (Wildman–Crippen MR) is 110 cm³/mol. The van der Waals surface area contributed by atoms with Crippen LogP contribution in [0.15, 0.2) is 24.3 Å². The fourth-order valence-electron chi connectivity index (χ4n) is 2.51. The summed E-state index contributed by atoms with van der Waals surface area (Å²) >= 11 is 11.2. The average Bonchev–Trinajstić information content (AvgIpc) is 2.65. The van der Waals surface area contributed by atoms with Gasteiger partial charge in [-0.05, 0) is 30.5 Å². The Morgan fingerprint density at radius 3 is 1.92 bits per heavy atom. The molecule has 0 radical (unpaired) electrons. The van der Waals surface area contributed by atoms with Crippen LogP contribution in [0.1, 0.15) is 57.4 Å². The zero-order valence-corrected chi connectivity index (χ0v) is 18.0. The normalized spacial score (nSPS) is 11.7. The molecule has 0 aliphatic heterocycles. The molecule has 0 N–H and O–H groups in total. The predicted octanol–water partition coefficient (Wildman–Crippen LogP) is 6.98. The van der Waals surface area contributed by atoms with Crippen molar-refractivity contribution in [2.24, 2.45) is 0 Å². The van der Waals surface area contributed by atoms with E-state index in [1.54, 1.807) is 12.1 Å². The summed E-state index contributed by atoms with van der Waals surface area (Å²) in [6.07, 6.45) is 10.1. The van der Waals surface area contributed by atoms with Crippen LogP contribution in [-0.2, 0) is 20.0 Å². The fourth-order valence-corrected chi connectivity index (χ4v) is 4.07. The third-order valence-electron chi connectivity index (χ3n) is 3.86. The largest absolute Gasteiger partial charge is 0.530 e. The smallest absolute Gasteiger partial charge is 0.404 e. The van der Waals surface area contributed by atoms with Crippen LogP contribution in [0.5, 0.6) is 5.75 Å². The van der Waals surface area contributed by atoms with E-state index in [9.17, 15) is 4.57 Å². The molecule has 1 aromatic rings. The van der Waals surface area contributed by atoms with Crippen LogP contribution in [0.2, 0.25) is 0 Å². The number of unbranched alkanes of at least 4 members (excludes halogenated alkanes) is 6. The maximum absolute atomic E-state index is 12.5. The first kappa shape index (κ1) is 23.8. The van der Waals surface area contributed by atoms with Crippen LogP contribution in [0.3, 0.4) is 0 Å². The second kappa shape index (κ2) is 14.8. The number of hydrogen-bond acceptors (Lipinski definition) is 4. The fraction of sp³-hybridized carbons (Fsp3) is 0.684. The van der Waals surface area contributed by atoms with Crippen LogP contribution >= 0.6 is 31.0 Å². The first-order chi connectivity index (χ1) is 12.6. The summed E-state index contributed by atoms with van der Waals surface area (Å²) < 4.78 is 28.3. The summed E-state index contributed by atoms with van der Waals surface area (Å²) in [5.41, 5.74) is 1.24. The molecule has 150 valence electrons. The molecule has 0 spiro atoms. The highest BCUT2D eigenvalue weighted by atomic mass is 35.5. The van der Waals surface area contributed by atoms with E-state index in [4.69, 9.17) is 36.8 Å². The highest BCUT2D eigenvalue weighted by molar-refractivity contribution is 7.48. The Hall–Kier alpha value is -0.250. The first-order valence-electron chi connectivity index (χ1n) is 9.43. The lowest BCUT2D eigenvalue weighted by Crippen LogP contribution is -2.06. The standard InChI is InChI=1S/C19H31Cl2O4P/c1-2-3-4-5-6-7-8-9-18-10-12-19(13-11-18)25-26(22,23-16-14-20)24-17-15-21/h10-13H,2-9,14-17H2,1H3. The van der Waals surface area contributed by atoms with Gasteiger partial charge >= 0.3 is 7.82 Å². The van der Waals surface area contributed by atoms with Crippen molar-refractivity contribution in [2.45, 2.75) is 58.3 Å². The lowest BCUT2D eigenvalue weighted by Gasteiger charge is -2.17. The van der Waals surface area contributed by atoms with E-state index in [0.29, 0.717) is 5.75 Å². The van der Waals surface area contributed by atoms with Gasteiger partial charge in [0.1, 0.15) is 5.75 Å². The minimum absolute atomic E-state index is 0.0808. The Kier molecular flexibility index (Phi) is 13.5. The summed E-state index contributed by atoms with van der Waals surface area (Å²) in [4.78, 5) is 0. The molecule has 1 aromatic carbocycles. The minimum Gasteiger partial charge on any atom is -0.404 e. The Morgan fingerprint density at radius 2 is 1.38 bits per heavy atom. The maximum atomic E-state index is 12.5. The van der Waals surface area contributed by atoms with Crippen molar-refractivity contribution < 1.29 is 18.1 Å². The van der Waals surface area contributed by atoms with E-state index in [0.717, 1.165) is 6.42 Å². The third-order valence-corrected chi connectivity index (χ3v) is 5.60. The Morgan fingerprint density at radius 1 is 0.846 bits per heavy atom. The van der Waals surface area contributed by atoms with Gasteiger partial charge in [-0.15, -0.1) is 23.2 Å². The molecule has 0 aliphatic carbocycles. The topological polar surface area (TPSA) is 44.8 Å².